The maximum atomic E-state index is 5.98. The molecule has 5 heteroatoms. The molecule has 0 fully saturated rings. The van der Waals surface area contributed by atoms with Crippen molar-refractivity contribution in [2.24, 2.45) is 5.73 Å². The molecular weight excluding hydrogens is 250 g/mol. The smallest absolute Gasteiger partial charge is 0.138 e. The van der Waals surface area contributed by atoms with Gasteiger partial charge in [-0.1, -0.05) is 11.6 Å². The van der Waals surface area contributed by atoms with E-state index in [9.17, 15) is 0 Å². The molecule has 0 amide bonds. The zero-order valence-corrected chi connectivity index (χ0v) is 10.6. The molecule has 0 atom stereocenters. The minimum atomic E-state index is 0.402. The summed E-state index contributed by atoms with van der Waals surface area (Å²) < 4.78 is 5.60. The second kappa shape index (κ2) is 6.33. The number of halogens is 1. The summed E-state index contributed by atoms with van der Waals surface area (Å²) in [6.07, 6.45) is 5.76. The first-order valence-corrected chi connectivity index (χ1v) is 6.03. The first-order chi connectivity index (χ1) is 8.79. The van der Waals surface area contributed by atoms with Gasteiger partial charge in [0.1, 0.15) is 12.4 Å². The SMILES string of the molecule is NCCc1ccc(OCc2ccncc2Cl)cn1. The molecule has 0 saturated heterocycles. The van der Waals surface area contributed by atoms with Gasteiger partial charge in [-0.05, 0) is 24.7 Å². The molecule has 0 aliphatic carbocycles. The van der Waals surface area contributed by atoms with Crippen molar-refractivity contribution >= 4 is 11.6 Å². The Morgan fingerprint density at radius 1 is 1.22 bits per heavy atom. The van der Waals surface area contributed by atoms with Crippen LogP contribution in [0.4, 0.5) is 0 Å². The molecule has 0 aliphatic heterocycles. The summed E-state index contributed by atoms with van der Waals surface area (Å²) in [5.41, 5.74) is 7.32. The van der Waals surface area contributed by atoms with Crippen molar-refractivity contribution < 1.29 is 4.74 Å². The standard InChI is InChI=1S/C13H14ClN3O/c14-13-8-16-6-4-10(13)9-18-12-2-1-11(3-5-15)17-7-12/h1-2,4,6-8H,3,5,9,15H2. The van der Waals surface area contributed by atoms with Gasteiger partial charge in [-0.25, -0.2) is 0 Å². The van der Waals surface area contributed by atoms with E-state index in [1.807, 2.05) is 18.2 Å². The summed E-state index contributed by atoms with van der Waals surface area (Å²) in [7, 11) is 0. The highest BCUT2D eigenvalue weighted by atomic mass is 35.5. The van der Waals surface area contributed by atoms with Crippen LogP contribution in [0.2, 0.25) is 5.02 Å². The largest absolute Gasteiger partial charge is 0.487 e. The predicted molar refractivity (Wildman–Crippen MR) is 70.6 cm³/mol. The van der Waals surface area contributed by atoms with Crippen LogP contribution >= 0.6 is 11.6 Å². The van der Waals surface area contributed by atoms with Gasteiger partial charge in [0.25, 0.3) is 0 Å². The van der Waals surface area contributed by atoms with Crippen molar-refractivity contribution in [3.05, 3.63) is 53.1 Å². The lowest BCUT2D eigenvalue weighted by molar-refractivity contribution is 0.305. The van der Waals surface area contributed by atoms with Gasteiger partial charge in [-0.2, -0.15) is 0 Å². The van der Waals surface area contributed by atoms with Crippen LogP contribution in [0.15, 0.2) is 36.8 Å². The molecule has 0 bridgehead atoms. The molecule has 0 aromatic carbocycles. The lowest BCUT2D eigenvalue weighted by atomic mass is 10.2. The van der Waals surface area contributed by atoms with Gasteiger partial charge in [0.2, 0.25) is 0 Å². The van der Waals surface area contributed by atoms with Crippen LogP contribution in [-0.2, 0) is 13.0 Å². The number of hydrogen-bond acceptors (Lipinski definition) is 4. The molecule has 2 N–H and O–H groups in total. The average molecular weight is 264 g/mol. The lowest BCUT2D eigenvalue weighted by Gasteiger charge is -2.07. The van der Waals surface area contributed by atoms with Gasteiger partial charge in [-0.15, -0.1) is 0 Å². The van der Waals surface area contributed by atoms with E-state index in [1.54, 1.807) is 18.6 Å². The summed E-state index contributed by atoms with van der Waals surface area (Å²) in [4.78, 5) is 8.17. The number of rotatable bonds is 5. The van der Waals surface area contributed by atoms with Crippen molar-refractivity contribution in [1.82, 2.24) is 9.97 Å². The zero-order valence-electron chi connectivity index (χ0n) is 9.84. The third kappa shape index (κ3) is 3.42. The van der Waals surface area contributed by atoms with Gasteiger partial charge in [0, 0.05) is 30.1 Å². The number of nitrogens with zero attached hydrogens (tertiary/aromatic N) is 2. The van der Waals surface area contributed by atoms with Crippen molar-refractivity contribution in [2.45, 2.75) is 13.0 Å². The quantitative estimate of drug-likeness (QED) is 0.898. The summed E-state index contributed by atoms with van der Waals surface area (Å²) in [6, 6.07) is 5.63. The van der Waals surface area contributed by atoms with E-state index in [-0.39, 0.29) is 0 Å². The van der Waals surface area contributed by atoms with Crippen LogP contribution in [0.25, 0.3) is 0 Å². The Balaban J connectivity index is 1.96. The Hall–Kier alpha value is -1.65. The lowest BCUT2D eigenvalue weighted by Crippen LogP contribution is -2.04. The van der Waals surface area contributed by atoms with Gasteiger partial charge >= 0.3 is 0 Å². The van der Waals surface area contributed by atoms with E-state index in [0.717, 1.165) is 17.7 Å². The molecule has 0 spiro atoms. The van der Waals surface area contributed by atoms with Crippen LogP contribution in [-0.4, -0.2) is 16.5 Å². The number of aromatic nitrogens is 2. The fourth-order valence-electron chi connectivity index (χ4n) is 1.47. The van der Waals surface area contributed by atoms with Crippen LogP contribution in [0.5, 0.6) is 5.75 Å². The van der Waals surface area contributed by atoms with Gasteiger partial charge in [0.15, 0.2) is 0 Å². The first-order valence-electron chi connectivity index (χ1n) is 5.66. The Morgan fingerprint density at radius 2 is 2.11 bits per heavy atom. The Labute approximate surface area is 111 Å². The molecule has 4 nitrogen and oxygen atoms in total. The monoisotopic (exact) mass is 263 g/mol. The first kappa shape index (κ1) is 12.8. The van der Waals surface area contributed by atoms with Crippen LogP contribution in [0.1, 0.15) is 11.3 Å². The van der Waals surface area contributed by atoms with Crippen LogP contribution in [0.3, 0.4) is 0 Å². The third-order valence-corrected chi connectivity index (χ3v) is 2.79. The molecular formula is C13H14ClN3O. The number of ether oxygens (including phenoxy) is 1. The zero-order chi connectivity index (χ0) is 12.8. The third-order valence-electron chi connectivity index (χ3n) is 2.45. The molecule has 2 rings (SSSR count). The highest BCUT2D eigenvalue weighted by Crippen LogP contribution is 2.17. The van der Waals surface area contributed by atoms with Crippen molar-refractivity contribution in [2.75, 3.05) is 6.54 Å². The maximum absolute atomic E-state index is 5.98. The molecule has 0 aliphatic rings. The van der Waals surface area contributed by atoms with E-state index < -0.39 is 0 Å². The van der Waals surface area contributed by atoms with Crippen molar-refractivity contribution in [3.63, 3.8) is 0 Å². The summed E-state index contributed by atoms with van der Waals surface area (Å²) in [5.74, 6) is 0.712. The Morgan fingerprint density at radius 3 is 2.78 bits per heavy atom. The fraction of sp³-hybridized carbons (Fsp3) is 0.231. The molecule has 0 unspecified atom stereocenters. The van der Waals surface area contributed by atoms with Gasteiger partial charge in [-0.3, -0.25) is 9.97 Å². The normalized spacial score (nSPS) is 10.3. The molecule has 94 valence electrons. The fourth-order valence-corrected chi connectivity index (χ4v) is 1.65. The van der Waals surface area contributed by atoms with Crippen molar-refractivity contribution in [3.8, 4) is 5.75 Å². The number of nitrogens with two attached hydrogens (primary N) is 1. The highest BCUT2D eigenvalue weighted by molar-refractivity contribution is 6.31. The van der Waals surface area contributed by atoms with E-state index >= 15 is 0 Å². The summed E-state index contributed by atoms with van der Waals surface area (Å²) in [6.45, 7) is 0.999. The minimum Gasteiger partial charge on any atom is -0.487 e. The molecule has 18 heavy (non-hydrogen) atoms. The highest BCUT2D eigenvalue weighted by Gasteiger charge is 2.01. The number of hydrogen-bond donors (Lipinski definition) is 1. The van der Waals surface area contributed by atoms with Gasteiger partial charge < -0.3 is 10.5 Å². The average Bonchev–Trinajstić information content (AvgIpc) is 2.40. The Kier molecular flexibility index (Phi) is 4.50. The van der Waals surface area contributed by atoms with E-state index in [4.69, 9.17) is 22.1 Å². The molecule has 2 aromatic rings. The second-order valence-electron chi connectivity index (χ2n) is 3.78. The number of pyridine rings is 2. The second-order valence-corrected chi connectivity index (χ2v) is 4.19. The topological polar surface area (TPSA) is 61.0 Å². The maximum Gasteiger partial charge on any atom is 0.138 e. The van der Waals surface area contributed by atoms with Crippen molar-refractivity contribution in [1.29, 1.82) is 0 Å². The molecule has 2 aromatic heterocycles. The summed E-state index contributed by atoms with van der Waals surface area (Å²) >= 11 is 5.98. The van der Waals surface area contributed by atoms with E-state index in [2.05, 4.69) is 9.97 Å². The van der Waals surface area contributed by atoms with Crippen LogP contribution in [0, 0.1) is 0 Å². The minimum absolute atomic E-state index is 0.402. The summed E-state index contributed by atoms with van der Waals surface area (Å²) in [5, 5.41) is 0.602. The predicted octanol–water partition coefficient (Wildman–Crippen LogP) is 2.21. The van der Waals surface area contributed by atoms with E-state index in [1.165, 1.54) is 0 Å². The molecule has 0 radical (unpaired) electrons. The Bertz CT molecular complexity index is 502. The van der Waals surface area contributed by atoms with E-state index in [0.29, 0.717) is 23.9 Å². The van der Waals surface area contributed by atoms with Gasteiger partial charge in [0.05, 0.1) is 11.2 Å². The molecule has 2 heterocycles. The molecule has 0 saturated carbocycles. The van der Waals surface area contributed by atoms with Crippen LogP contribution < -0.4 is 10.5 Å².